The van der Waals surface area contributed by atoms with Gasteiger partial charge in [-0.1, -0.05) is 54.6 Å². The third-order valence-electron chi connectivity index (χ3n) is 5.75. The third kappa shape index (κ3) is 6.16. The van der Waals surface area contributed by atoms with Gasteiger partial charge in [-0.3, -0.25) is 0 Å². The molecule has 0 aliphatic carbocycles. The number of hydrogen-bond acceptors (Lipinski definition) is 8. The zero-order valence-electron chi connectivity index (χ0n) is 19.7. The van der Waals surface area contributed by atoms with Gasteiger partial charge in [0.25, 0.3) is 0 Å². The summed E-state index contributed by atoms with van der Waals surface area (Å²) in [6.07, 6.45) is -1.60. The zero-order chi connectivity index (χ0) is 25.4. The molecule has 0 aromatic heterocycles. The Hall–Kier alpha value is -4.01. The molecule has 36 heavy (non-hydrogen) atoms. The van der Waals surface area contributed by atoms with Crippen LogP contribution in [0.3, 0.4) is 0 Å². The third-order valence-corrected chi connectivity index (χ3v) is 5.75. The van der Waals surface area contributed by atoms with Gasteiger partial charge < -0.3 is 23.7 Å². The fourth-order valence-corrected chi connectivity index (χ4v) is 3.81. The van der Waals surface area contributed by atoms with E-state index in [1.165, 1.54) is 7.11 Å². The first-order valence-electron chi connectivity index (χ1n) is 11.4. The van der Waals surface area contributed by atoms with E-state index in [0.717, 1.165) is 0 Å². The minimum Gasteiger partial charge on any atom is -0.459 e. The lowest BCUT2D eigenvalue weighted by Crippen LogP contribution is -2.38. The number of esters is 3. The maximum absolute atomic E-state index is 12.7. The molecule has 186 valence electrons. The Bertz CT molecular complexity index is 1170. The van der Waals surface area contributed by atoms with E-state index in [2.05, 4.69) is 0 Å². The molecule has 1 aliphatic rings. The highest BCUT2D eigenvalue weighted by Crippen LogP contribution is 2.35. The number of carbonyl (C=O) groups excluding carboxylic acids is 3. The highest BCUT2D eigenvalue weighted by atomic mass is 16.7. The van der Waals surface area contributed by atoms with Crippen LogP contribution in [-0.2, 0) is 23.7 Å². The summed E-state index contributed by atoms with van der Waals surface area (Å²) in [6, 6.07) is 25.5. The summed E-state index contributed by atoms with van der Waals surface area (Å²) in [4.78, 5) is 37.7. The molecule has 8 nitrogen and oxygen atoms in total. The van der Waals surface area contributed by atoms with Crippen molar-refractivity contribution >= 4 is 17.9 Å². The highest BCUT2D eigenvalue weighted by molar-refractivity contribution is 5.90. The van der Waals surface area contributed by atoms with Gasteiger partial charge in [0.05, 0.1) is 16.7 Å². The van der Waals surface area contributed by atoms with Gasteiger partial charge in [-0.25, -0.2) is 14.4 Å². The molecular weight excluding hydrogens is 464 g/mol. The maximum atomic E-state index is 12.7. The van der Waals surface area contributed by atoms with E-state index in [1.54, 1.807) is 91.0 Å². The number of hydrogen-bond donors (Lipinski definition) is 0. The highest BCUT2D eigenvalue weighted by Gasteiger charge is 2.50. The average Bonchev–Trinajstić information content (AvgIpc) is 3.29. The van der Waals surface area contributed by atoms with Crippen molar-refractivity contribution in [3.63, 3.8) is 0 Å². The molecule has 3 aromatic carbocycles. The Morgan fingerprint density at radius 2 is 1.22 bits per heavy atom. The molecule has 4 rings (SSSR count). The lowest BCUT2D eigenvalue weighted by atomic mass is 10.1. The van der Waals surface area contributed by atoms with Crippen LogP contribution in [0.25, 0.3) is 0 Å². The minimum atomic E-state index is -1.39. The molecule has 0 radical (unpaired) electrons. The first kappa shape index (κ1) is 25.1. The largest absolute Gasteiger partial charge is 0.459 e. The number of methoxy groups -OCH3 is 1. The first-order valence-corrected chi connectivity index (χ1v) is 11.4. The summed E-state index contributed by atoms with van der Waals surface area (Å²) >= 11 is 0. The van der Waals surface area contributed by atoms with Gasteiger partial charge in [0.1, 0.15) is 25.4 Å². The van der Waals surface area contributed by atoms with E-state index >= 15 is 0 Å². The molecule has 1 saturated heterocycles. The molecule has 0 bridgehead atoms. The molecule has 3 atom stereocenters. The van der Waals surface area contributed by atoms with Crippen molar-refractivity contribution in [3.05, 3.63) is 108 Å². The van der Waals surface area contributed by atoms with Gasteiger partial charge in [-0.15, -0.1) is 0 Å². The maximum Gasteiger partial charge on any atom is 0.338 e. The van der Waals surface area contributed by atoms with E-state index in [-0.39, 0.29) is 19.6 Å². The molecule has 8 heteroatoms. The summed E-state index contributed by atoms with van der Waals surface area (Å²) in [5.74, 6) is -3.04. The summed E-state index contributed by atoms with van der Waals surface area (Å²) in [6.45, 7) is -0.446. The van der Waals surface area contributed by atoms with E-state index in [1.807, 2.05) is 0 Å². The van der Waals surface area contributed by atoms with E-state index < -0.39 is 35.9 Å². The first-order chi connectivity index (χ1) is 17.5. The second kappa shape index (κ2) is 11.6. The monoisotopic (exact) mass is 490 g/mol. The molecule has 0 saturated carbocycles. The van der Waals surface area contributed by atoms with Crippen LogP contribution in [0, 0.1) is 0 Å². The summed E-state index contributed by atoms with van der Waals surface area (Å²) in [7, 11) is 1.41. The van der Waals surface area contributed by atoms with Gasteiger partial charge in [0.2, 0.25) is 5.79 Å². The average molecular weight is 491 g/mol. The van der Waals surface area contributed by atoms with Crippen LogP contribution in [0.1, 0.15) is 37.5 Å². The van der Waals surface area contributed by atoms with Crippen molar-refractivity contribution in [2.75, 3.05) is 20.3 Å². The van der Waals surface area contributed by atoms with Crippen LogP contribution >= 0.6 is 0 Å². The van der Waals surface area contributed by atoms with E-state index in [4.69, 9.17) is 23.7 Å². The van der Waals surface area contributed by atoms with Gasteiger partial charge in [0.15, 0.2) is 0 Å². The van der Waals surface area contributed by atoms with Gasteiger partial charge in [-0.2, -0.15) is 0 Å². The molecule has 0 spiro atoms. The van der Waals surface area contributed by atoms with Crippen LogP contribution in [0.15, 0.2) is 91.0 Å². The Morgan fingerprint density at radius 3 is 1.72 bits per heavy atom. The SMILES string of the molecule is COC1(COC(=O)c2ccccc2)CC(OC(=O)c2ccccc2)[C@@H](COC(=O)c2ccccc2)O1. The van der Waals surface area contributed by atoms with Crippen molar-refractivity contribution in [2.45, 2.75) is 24.4 Å². The predicted octanol–water partition coefficient (Wildman–Crippen LogP) is 4.06. The summed E-state index contributed by atoms with van der Waals surface area (Å²) < 4.78 is 28.3. The fourth-order valence-electron chi connectivity index (χ4n) is 3.81. The molecule has 3 aromatic rings. The quantitative estimate of drug-likeness (QED) is 0.327. The van der Waals surface area contributed by atoms with E-state index in [0.29, 0.717) is 16.7 Å². The molecular formula is C28H26O8. The minimum absolute atomic E-state index is 0.0672. The fraction of sp³-hybridized carbons (Fsp3) is 0.250. The predicted molar refractivity (Wildman–Crippen MR) is 128 cm³/mol. The van der Waals surface area contributed by atoms with Gasteiger partial charge >= 0.3 is 17.9 Å². The van der Waals surface area contributed by atoms with Crippen molar-refractivity contribution < 1.29 is 38.1 Å². The normalized spacial score (nSPS) is 20.9. The van der Waals surface area contributed by atoms with Crippen LogP contribution in [0.2, 0.25) is 0 Å². The molecule has 1 aliphatic heterocycles. The van der Waals surface area contributed by atoms with Crippen LogP contribution < -0.4 is 0 Å². The van der Waals surface area contributed by atoms with Gasteiger partial charge in [0, 0.05) is 13.5 Å². The van der Waals surface area contributed by atoms with E-state index in [9.17, 15) is 14.4 Å². The lowest BCUT2D eigenvalue weighted by Gasteiger charge is -2.26. The Kier molecular flexibility index (Phi) is 8.10. The van der Waals surface area contributed by atoms with Crippen LogP contribution in [-0.4, -0.2) is 56.2 Å². The second-order valence-corrected chi connectivity index (χ2v) is 8.19. The summed E-state index contributed by atoms with van der Waals surface area (Å²) in [5.41, 5.74) is 1.12. The number of carbonyl (C=O) groups is 3. The van der Waals surface area contributed by atoms with Crippen molar-refractivity contribution in [1.29, 1.82) is 0 Å². The molecule has 0 N–H and O–H groups in total. The standard InChI is InChI=1S/C28H26O8/c1-32-28(19-34-26(30)21-13-7-3-8-14-21)17-23(35-27(31)22-15-9-4-10-16-22)24(36-28)18-33-25(29)20-11-5-2-6-12-20/h2-16,23-24H,17-19H2,1H3/t23?,24-,28?/m1/s1. The zero-order valence-corrected chi connectivity index (χ0v) is 19.7. The smallest absolute Gasteiger partial charge is 0.338 e. The topological polar surface area (TPSA) is 97.4 Å². The molecule has 0 amide bonds. The molecule has 1 fully saturated rings. The Balaban J connectivity index is 1.47. The molecule has 1 heterocycles. The van der Waals surface area contributed by atoms with Crippen molar-refractivity contribution in [2.24, 2.45) is 0 Å². The second-order valence-electron chi connectivity index (χ2n) is 8.19. The van der Waals surface area contributed by atoms with Crippen molar-refractivity contribution in [3.8, 4) is 0 Å². The summed E-state index contributed by atoms with van der Waals surface area (Å²) in [5, 5.41) is 0. The van der Waals surface area contributed by atoms with Gasteiger partial charge in [-0.05, 0) is 36.4 Å². The number of benzene rings is 3. The molecule has 2 unspecified atom stereocenters. The van der Waals surface area contributed by atoms with Crippen LogP contribution in [0.5, 0.6) is 0 Å². The Morgan fingerprint density at radius 1 is 0.750 bits per heavy atom. The number of ether oxygens (including phenoxy) is 5. The number of rotatable bonds is 9. The van der Waals surface area contributed by atoms with Crippen molar-refractivity contribution in [1.82, 2.24) is 0 Å². The van der Waals surface area contributed by atoms with Crippen LogP contribution in [0.4, 0.5) is 0 Å². The lowest BCUT2D eigenvalue weighted by molar-refractivity contribution is -0.234. The Labute approximate surface area is 208 Å².